The lowest BCUT2D eigenvalue weighted by atomic mass is 10.3. The fraction of sp³-hybridized carbons (Fsp3) is 0.733. The fourth-order valence-corrected chi connectivity index (χ4v) is 1.67. The Balaban J connectivity index is 4.93. The van der Waals surface area contributed by atoms with Crippen molar-refractivity contribution in [3.8, 4) is 0 Å². The van der Waals surface area contributed by atoms with Crippen LogP contribution in [-0.2, 0) is 38.1 Å². The molecule has 0 rings (SSSR count). The van der Waals surface area contributed by atoms with Crippen LogP contribution >= 0.6 is 0 Å². The van der Waals surface area contributed by atoms with Gasteiger partial charge in [-0.3, -0.25) is 19.2 Å². The smallest absolute Gasteiger partial charge is 0.305 e. The van der Waals surface area contributed by atoms with Crippen LogP contribution < -0.4 is 0 Å². The molecule has 12 nitrogen and oxygen atoms in total. The van der Waals surface area contributed by atoms with Gasteiger partial charge in [-0.2, -0.15) is 0 Å². The van der Waals surface area contributed by atoms with E-state index in [9.17, 15) is 19.2 Å². The number of carboxylic acids is 4. The van der Waals surface area contributed by atoms with Crippen molar-refractivity contribution >= 4 is 23.9 Å². The first-order valence-electron chi connectivity index (χ1n) is 7.97. The molecule has 0 aliphatic heterocycles. The summed E-state index contributed by atoms with van der Waals surface area (Å²) in [4.78, 5) is 42.4. The Labute approximate surface area is 154 Å². The Morgan fingerprint density at radius 3 is 1.15 bits per heavy atom. The maximum Gasteiger partial charge on any atom is 0.305 e. The minimum Gasteiger partial charge on any atom is -0.481 e. The van der Waals surface area contributed by atoms with E-state index in [1.165, 1.54) is 0 Å². The summed E-state index contributed by atoms with van der Waals surface area (Å²) in [5.74, 6) is -6.20. The average Bonchev–Trinajstić information content (AvgIpc) is 2.54. The highest BCUT2D eigenvalue weighted by Crippen LogP contribution is 2.17. The first kappa shape index (κ1) is 24.7. The predicted molar refractivity (Wildman–Crippen MR) is 85.3 cm³/mol. The average molecular weight is 396 g/mol. The summed E-state index contributed by atoms with van der Waals surface area (Å²) in [6, 6.07) is 0. The molecule has 27 heavy (non-hydrogen) atoms. The Hall–Kier alpha value is -2.28. The van der Waals surface area contributed by atoms with Crippen LogP contribution in [0, 0.1) is 0 Å². The van der Waals surface area contributed by atoms with E-state index in [4.69, 9.17) is 39.4 Å². The normalized spacial score (nSPS) is 11.3. The van der Waals surface area contributed by atoms with Gasteiger partial charge in [0.1, 0.15) is 13.2 Å². The standard InChI is InChI=1S/C15H24O12/c16-11(17)1-5-24-9-15(26-7-3-13(20)21,27-8-4-14(22)23)10-25-6-2-12(18)19/h1-10H2,(H,16,17)(H,18,19)(H,20,21)(H,22,23). The zero-order valence-corrected chi connectivity index (χ0v) is 14.6. The molecule has 0 aromatic heterocycles. The maximum atomic E-state index is 10.7. The molecule has 0 aromatic rings. The Kier molecular flexibility index (Phi) is 12.7. The molecule has 4 N–H and O–H groups in total. The molecule has 0 fully saturated rings. The summed E-state index contributed by atoms with van der Waals surface area (Å²) in [5.41, 5.74) is 0. The third-order valence-electron chi connectivity index (χ3n) is 2.93. The van der Waals surface area contributed by atoms with E-state index in [0.717, 1.165) is 0 Å². The predicted octanol–water partition coefficient (Wildman–Crippen LogP) is -0.352. The number of rotatable bonds is 18. The number of hydrogen-bond donors (Lipinski definition) is 4. The van der Waals surface area contributed by atoms with Gasteiger partial charge in [-0.15, -0.1) is 0 Å². The van der Waals surface area contributed by atoms with Crippen molar-refractivity contribution in [2.75, 3.05) is 39.6 Å². The first-order valence-corrected chi connectivity index (χ1v) is 7.97. The van der Waals surface area contributed by atoms with Gasteiger partial charge in [-0.25, -0.2) is 0 Å². The second-order valence-electron chi connectivity index (χ2n) is 5.29. The number of aliphatic carboxylic acids is 4. The first-order chi connectivity index (χ1) is 12.7. The summed E-state index contributed by atoms with van der Waals surface area (Å²) in [5, 5.41) is 34.7. The van der Waals surface area contributed by atoms with E-state index in [2.05, 4.69) is 0 Å². The Morgan fingerprint density at radius 2 is 0.852 bits per heavy atom. The molecule has 0 atom stereocenters. The van der Waals surface area contributed by atoms with Crippen LogP contribution in [0.5, 0.6) is 0 Å². The lowest BCUT2D eigenvalue weighted by molar-refractivity contribution is -0.282. The molecule has 0 heterocycles. The molecule has 0 saturated carbocycles. The molecule has 156 valence electrons. The van der Waals surface area contributed by atoms with Gasteiger partial charge in [0.05, 0.1) is 52.1 Å². The molecule has 0 aliphatic rings. The lowest BCUT2D eigenvalue weighted by Crippen LogP contribution is -2.46. The Bertz CT molecular complexity index is 445. The van der Waals surface area contributed by atoms with Gasteiger partial charge >= 0.3 is 23.9 Å². The second kappa shape index (κ2) is 13.9. The van der Waals surface area contributed by atoms with Crippen molar-refractivity contribution in [2.24, 2.45) is 0 Å². The topological polar surface area (TPSA) is 186 Å². The third-order valence-corrected chi connectivity index (χ3v) is 2.93. The SMILES string of the molecule is O=C(O)CCOCC(COCCC(=O)O)(OCCC(=O)O)OCCC(=O)O. The number of carboxylic acid groups (broad SMARTS) is 4. The van der Waals surface area contributed by atoms with Crippen molar-refractivity contribution in [3.63, 3.8) is 0 Å². The van der Waals surface area contributed by atoms with E-state index >= 15 is 0 Å². The van der Waals surface area contributed by atoms with Crippen LogP contribution in [0.15, 0.2) is 0 Å². The summed E-state index contributed by atoms with van der Waals surface area (Å²) < 4.78 is 21.2. The minimum atomic E-state index is -1.71. The van der Waals surface area contributed by atoms with Gasteiger partial charge in [0, 0.05) is 0 Å². The van der Waals surface area contributed by atoms with Crippen molar-refractivity contribution in [3.05, 3.63) is 0 Å². The number of hydrogen-bond acceptors (Lipinski definition) is 8. The molecule has 0 spiro atoms. The van der Waals surface area contributed by atoms with Crippen LogP contribution in [0.1, 0.15) is 25.7 Å². The van der Waals surface area contributed by atoms with Crippen molar-refractivity contribution < 1.29 is 58.6 Å². The van der Waals surface area contributed by atoms with Crippen molar-refractivity contribution in [1.29, 1.82) is 0 Å². The van der Waals surface area contributed by atoms with Gasteiger partial charge in [0.2, 0.25) is 5.79 Å². The monoisotopic (exact) mass is 396 g/mol. The van der Waals surface area contributed by atoms with Crippen molar-refractivity contribution in [2.45, 2.75) is 31.5 Å². The third kappa shape index (κ3) is 14.6. The zero-order chi connectivity index (χ0) is 20.7. The highest BCUT2D eigenvalue weighted by Gasteiger charge is 2.34. The molecule has 0 radical (unpaired) electrons. The van der Waals surface area contributed by atoms with E-state index in [-0.39, 0.29) is 65.3 Å². The minimum absolute atomic E-state index is 0.198. The zero-order valence-electron chi connectivity index (χ0n) is 14.6. The van der Waals surface area contributed by atoms with Crippen LogP contribution in [0.25, 0.3) is 0 Å². The lowest BCUT2D eigenvalue weighted by Gasteiger charge is -2.33. The van der Waals surface area contributed by atoms with Crippen LogP contribution in [0.3, 0.4) is 0 Å². The van der Waals surface area contributed by atoms with Crippen LogP contribution in [0.2, 0.25) is 0 Å². The van der Waals surface area contributed by atoms with Gasteiger partial charge in [0.25, 0.3) is 0 Å². The second-order valence-corrected chi connectivity index (χ2v) is 5.29. The summed E-state index contributed by atoms with van der Waals surface area (Å²) in [6.45, 7) is -1.76. The van der Waals surface area contributed by atoms with Crippen LogP contribution in [0.4, 0.5) is 0 Å². The molecular formula is C15H24O12. The number of ether oxygens (including phenoxy) is 4. The van der Waals surface area contributed by atoms with E-state index in [1.807, 2.05) is 0 Å². The van der Waals surface area contributed by atoms with Gasteiger partial charge < -0.3 is 39.4 Å². The van der Waals surface area contributed by atoms with Crippen molar-refractivity contribution in [1.82, 2.24) is 0 Å². The summed E-state index contributed by atoms with van der Waals surface area (Å²) >= 11 is 0. The Morgan fingerprint density at radius 1 is 0.556 bits per heavy atom. The number of carbonyl (C=O) groups is 4. The molecule has 0 aliphatic carbocycles. The molecule has 0 saturated heterocycles. The highest BCUT2D eigenvalue weighted by atomic mass is 16.7. The fourth-order valence-electron chi connectivity index (χ4n) is 1.67. The molecule has 12 heteroatoms. The molecule has 0 amide bonds. The van der Waals surface area contributed by atoms with Gasteiger partial charge in [-0.05, 0) is 0 Å². The van der Waals surface area contributed by atoms with Gasteiger partial charge in [-0.1, -0.05) is 0 Å². The summed E-state index contributed by atoms with van der Waals surface area (Å²) in [7, 11) is 0. The van der Waals surface area contributed by atoms with E-state index in [0.29, 0.717) is 0 Å². The molecule has 0 aromatic carbocycles. The molecular weight excluding hydrogens is 372 g/mol. The van der Waals surface area contributed by atoms with E-state index < -0.39 is 29.7 Å². The largest absolute Gasteiger partial charge is 0.481 e. The molecule has 0 bridgehead atoms. The quantitative estimate of drug-likeness (QED) is 0.174. The van der Waals surface area contributed by atoms with Crippen LogP contribution in [-0.4, -0.2) is 89.7 Å². The van der Waals surface area contributed by atoms with Gasteiger partial charge in [0.15, 0.2) is 0 Å². The van der Waals surface area contributed by atoms with E-state index in [1.54, 1.807) is 0 Å². The summed E-state index contributed by atoms with van der Waals surface area (Å²) in [6.07, 6.45) is -1.37. The highest BCUT2D eigenvalue weighted by molar-refractivity contribution is 5.67. The maximum absolute atomic E-state index is 10.7. The molecule has 0 unspecified atom stereocenters.